The van der Waals surface area contributed by atoms with Gasteiger partial charge in [-0.25, -0.2) is 9.59 Å². The van der Waals surface area contributed by atoms with Crippen LogP contribution >= 0.6 is 0 Å². The predicted molar refractivity (Wildman–Crippen MR) is 82.3 cm³/mol. The highest BCUT2D eigenvalue weighted by molar-refractivity contribution is 5.90. The molecular formula is C16H22N2O5. The van der Waals surface area contributed by atoms with Gasteiger partial charge in [0.15, 0.2) is 0 Å². The first-order valence-corrected chi connectivity index (χ1v) is 7.80. The average Bonchev–Trinajstić information content (AvgIpc) is 3.06. The zero-order valence-corrected chi connectivity index (χ0v) is 12.9. The smallest absolute Gasteiger partial charge is 0.331 e. The summed E-state index contributed by atoms with van der Waals surface area (Å²) in [6.07, 6.45) is 8.17. The lowest BCUT2D eigenvalue weighted by atomic mass is 9.81. The van der Waals surface area contributed by atoms with Crippen molar-refractivity contribution in [1.29, 1.82) is 0 Å². The highest BCUT2D eigenvalue weighted by Crippen LogP contribution is 2.30. The van der Waals surface area contributed by atoms with Crippen molar-refractivity contribution in [2.45, 2.75) is 37.8 Å². The maximum absolute atomic E-state index is 12.4. The van der Waals surface area contributed by atoms with E-state index in [-0.39, 0.29) is 11.8 Å². The molecule has 1 aliphatic carbocycles. The Morgan fingerprint density at radius 1 is 1.17 bits per heavy atom. The van der Waals surface area contributed by atoms with E-state index in [2.05, 4.69) is 0 Å². The fraction of sp³-hybridized carbons (Fsp3) is 0.562. The van der Waals surface area contributed by atoms with Crippen LogP contribution in [-0.4, -0.2) is 53.1 Å². The summed E-state index contributed by atoms with van der Waals surface area (Å²) >= 11 is 0. The van der Waals surface area contributed by atoms with E-state index in [4.69, 9.17) is 15.6 Å². The Morgan fingerprint density at radius 3 is 2.48 bits per heavy atom. The number of nitrogens with two attached hydrogens (primary N) is 1. The second-order valence-electron chi connectivity index (χ2n) is 5.84. The van der Waals surface area contributed by atoms with Gasteiger partial charge in [0.1, 0.15) is 6.10 Å². The van der Waals surface area contributed by atoms with E-state index in [9.17, 15) is 14.4 Å². The molecule has 1 amide bonds. The first kappa shape index (κ1) is 17.2. The van der Waals surface area contributed by atoms with Gasteiger partial charge >= 0.3 is 11.9 Å². The summed E-state index contributed by atoms with van der Waals surface area (Å²) in [6, 6.07) is -0.712. The summed E-state index contributed by atoms with van der Waals surface area (Å²) in [5.41, 5.74) is 6.14. The number of carboxylic acid groups (broad SMARTS) is 1. The van der Waals surface area contributed by atoms with Crippen molar-refractivity contribution < 1.29 is 24.2 Å². The van der Waals surface area contributed by atoms with Crippen LogP contribution in [0.2, 0.25) is 0 Å². The molecule has 0 bridgehead atoms. The number of amides is 1. The van der Waals surface area contributed by atoms with Crippen LogP contribution in [0.3, 0.4) is 0 Å². The minimum atomic E-state index is -1.21. The van der Waals surface area contributed by atoms with Crippen molar-refractivity contribution in [3.05, 3.63) is 24.3 Å². The van der Waals surface area contributed by atoms with Crippen LogP contribution in [0, 0.1) is 5.92 Å². The molecule has 3 N–H and O–H groups in total. The Kier molecular flexibility index (Phi) is 5.92. The third-order valence-electron chi connectivity index (χ3n) is 4.26. The molecule has 2 aliphatic rings. The Balaban J connectivity index is 1.98. The van der Waals surface area contributed by atoms with Gasteiger partial charge in [0.05, 0.1) is 6.04 Å². The molecule has 1 fully saturated rings. The molecule has 2 rings (SSSR count). The number of carboxylic acids is 1. The number of carbonyl (C=O) groups is 3. The molecule has 3 atom stereocenters. The molecule has 0 unspecified atom stereocenters. The minimum Gasteiger partial charge on any atom is -0.478 e. The normalized spacial score (nSPS) is 25.5. The first-order valence-electron chi connectivity index (χ1n) is 7.80. The van der Waals surface area contributed by atoms with Gasteiger partial charge in [0, 0.05) is 31.2 Å². The summed E-state index contributed by atoms with van der Waals surface area (Å²) < 4.78 is 5.33. The molecule has 0 saturated heterocycles. The lowest BCUT2D eigenvalue weighted by molar-refractivity contribution is -0.151. The van der Waals surface area contributed by atoms with E-state index in [0.29, 0.717) is 19.5 Å². The Morgan fingerprint density at radius 2 is 1.83 bits per heavy atom. The Bertz CT molecular complexity index is 521. The lowest BCUT2D eigenvalue weighted by Gasteiger charge is -2.35. The zero-order chi connectivity index (χ0) is 16.8. The molecule has 7 heteroatoms. The standard InChI is InChI=1S/C16H22N2O5/c17-15(16(22)18-9-3-4-10-18)11-5-1-2-6-12(11)23-14(21)8-7-13(19)20/h3-4,7-8,11-12,15H,1-2,5-6,9-10,17H2,(H,19,20)/t11-,12-,15-/m1/s1. The number of nitrogens with zero attached hydrogens (tertiary/aromatic N) is 1. The van der Waals surface area contributed by atoms with Crippen LogP contribution in [0.4, 0.5) is 0 Å². The van der Waals surface area contributed by atoms with Gasteiger partial charge in [-0.2, -0.15) is 0 Å². The minimum absolute atomic E-state index is 0.135. The first-order chi connectivity index (χ1) is 11.0. The molecule has 0 spiro atoms. The van der Waals surface area contributed by atoms with E-state index in [0.717, 1.165) is 31.4 Å². The monoisotopic (exact) mass is 322 g/mol. The largest absolute Gasteiger partial charge is 0.478 e. The van der Waals surface area contributed by atoms with Crippen molar-refractivity contribution >= 4 is 17.8 Å². The second-order valence-corrected chi connectivity index (χ2v) is 5.84. The van der Waals surface area contributed by atoms with Crippen molar-refractivity contribution in [3.8, 4) is 0 Å². The van der Waals surface area contributed by atoms with Gasteiger partial charge in [-0.15, -0.1) is 0 Å². The van der Waals surface area contributed by atoms with E-state index >= 15 is 0 Å². The van der Waals surface area contributed by atoms with Crippen LogP contribution in [-0.2, 0) is 19.1 Å². The highest BCUT2D eigenvalue weighted by atomic mass is 16.5. The van der Waals surface area contributed by atoms with Crippen molar-refractivity contribution in [2.75, 3.05) is 13.1 Å². The third kappa shape index (κ3) is 4.66. The maximum atomic E-state index is 12.4. The van der Waals surface area contributed by atoms with Gasteiger partial charge < -0.3 is 20.5 Å². The number of aliphatic carboxylic acids is 1. The van der Waals surface area contributed by atoms with Gasteiger partial charge in [0.2, 0.25) is 5.91 Å². The molecule has 126 valence electrons. The van der Waals surface area contributed by atoms with E-state index in [1.165, 1.54) is 0 Å². The van der Waals surface area contributed by atoms with Crippen LogP contribution in [0.25, 0.3) is 0 Å². The molecule has 1 saturated carbocycles. The summed E-state index contributed by atoms with van der Waals surface area (Å²) in [7, 11) is 0. The molecular weight excluding hydrogens is 300 g/mol. The summed E-state index contributed by atoms with van der Waals surface area (Å²) in [6.45, 7) is 1.12. The topological polar surface area (TPSA) is 110 Å². The van der Waals surface area contributed by atoms with Gasteiger partial charge in [-0.05, 0) is 19.3 Å². The lowest BCUT2D eigenvalue weighted by Crippen LogP contribution is -2.51. The molecule has 0 radical (unpaired) electrons. The third-order valence-corrected chi connectivity index (χ3v) is 4.26. The van der Waals surface area contributed by atoms with Crippen LogP contribution < -0.4 is 5.73 Å². The molecule has 1 aliphatic heterocycles. The fourth-order valence-electron chi connectivity index (χ4n) is 3.06. The molecule has 0 aromatic carbocycles. The van der Waals surface area contributed by atoms with Gasteiger partial charge in [-0.3, -0.25) is 4.79 Å². The summed E-state index contributed by atoms with van der Waals surface area (Å²) in [4.78, 5) is 36.2. The molecule has 23 heavy (non-hydrogen) atoms. The van der Waals surface area contributed by atoms with E-state index in [1.54, 1.807) is 4.90 Å². The molecule has 0 aromatic rings. The number of rotatable bonds is 5. The van der Waals surface area contributed by atoms with E-state index < -0.39 is 24.1 Å². The van der Waals surface area contributed by atoms with Gasteiger partial charge in [-0.1, -0.05) is 18.6 Å². The quantitative estimate of drug-likeness (QED) is 0.432. The summed E-state index contributed by atoms with van der Waals surface area (Å²) in [5, 5.41) is 8.53. The maximum Gasteiger partial charge on any atom is 0.331 e. The number of hydrogen-bond acceptors (Lipinski definition) is 5. The van der Waals surface area contributed by atoms with Crippen molar-refractivity contribution in [2.24, 2.45) is 11.7 Å². The molecule has 1 heterocycles. The number of ether oxygens (including phenoxy) is 1. The SMILES string of the molecule is N[C@@H](C(=O)N1CC=CC1)[C@@H]1CCCC[C@H]1OC(=O)C=CC(=O)O. The zero-order valence-electron chi connectivity index (χ0n) is 12.9. The number of hydrogen-bond donors (Lipinski definition) is 2. The van der Waals surface area contributed by atoms with Gasteiger partial charge in [0.25, 0.3) is 0 Å². The van der Waals surface area contributed by atoms with Crippen LogP contribution in [0.15, 0.2) is 24.3 Å². The van der Waals surface area contributed by atoms with Crippen LogP contribution in [0.1, 0.15) is 25.7 Å². The highest BCUT2D eigenvalue weighted by Gasteiger charge is 2.37. The van der Waals surface area contributed by atoms with Crippen molar-refractivity contribution in [3.63, 3.8) is 0 Å². The number of carbonyl (C=O) groups excluding carboxylic acids is 2. The molecule has 0 aromatic heterocycles. The predicted octanol–water partition coefficient (Wildman–Crippen LogP) is 0.455. The van der Waals surface area contributed by atoms with E-state index in [1.807, 2.05) is 12.2 Å². The number of esters is 1. The van der Waals surface area contributed by atoms with Crippen LogP contribution in [0.5, 0.6) is 0 Å². The molecule has 7 nitrogen and oxygen atoms in total. The second kappa shape index (κ2) is 7.92. The van der Waals surface area contributed by atoms with Crippen molar-refractivity contribution in [1.82, 2.24) is 4.90 Å². The Labute approximate surface area is 134 Å². The fourth-order valence-corrected chi connectivity index (χ4v) is 3.06. The summed E-state index contributed by atoms with van der Waals surface area (Å²) in [5.74, 6) is -2.30. The average molecular weight is 322 g/mol. The Hall–Kier alpha value is -2.15.